The lowest BCUT2D eigenvalue weighted by molar-refractivity contribution is 0.0644. The highest BCUT2D eigenvalue weighted by Gasteiger charge is 2.18. The molecule has 6 nitrogen and oxygen atoms in total. The van der Waals surface area contributed by atoms with Gasteiger partial charge in [0, 0.05) is 7.05 Å². The van der Waals surface area contributed by atoms with Crippen molar-refractivity contribution in [3.05, 3.63) is 23.8 Å². The number of hydrogen-bond acceptors (Lipinski definition) is 5. The number of benzene rings is 1. The molecule has 0 saturated carbocycles. The van der Waals surface area contributed by atoms with Gasteiger partial charge in [-0.25, -0.2) is 4.79 Å². The van der Waals surface area contributed by atoms with Crippen molar-refractivity contribution in [2.45, 2.75) is 26.1 Å². The minimum absolute atomic E-state index is 0.0236. The topological polar surface area (TPSA) is 90.2 Å². The highest BCUT2D eigenvalue weighted by Crippen LogP contribution is 2.28. The van der Waals surface area contributed by atoms with E-state index in [1.165, 1.54) is 30.1 Å². The minimum Gasteiger partial charge on any atom is -0.504 e. The number of likely N-dealkylation sites (N-methyl/N-ethyl adjacent to an activating group) is 1. The van der Waals surface area contributed by atoms with E-state index in [1.807, 2.05) is 0 Å². The van der Waals surface area contributed by atoms with Gasteiger partial charge in [0.2, 0.25) is 0 Å². The summed E-state index contributed by atoms with van der Waals surface area (Å²) >= 11 is 0. The summed E-state index contributed by atoms with van der Waals surface area (Å²) in [6.07, 6.45) is -1.74. The largest absolute Gasteiger partial charge is 0.504 e. The molecule has 19 heavy (non-hydrogen) atoms. The van der Waals surface area contributed by atoms with E-state index < -0.39 is 12.2 Å². The predicted molar refractivity (Wildman–Crippen MR) is 69.0 cm³/mol. The summed E-state index contributed by atoms with van der Waals surface area (Å²) in [5.41, 5.74) is 0.402. The third-order valence-electron chi connectivity index (χ3n) is 2.48. The van der Waals surface area contributed by atoms with E-state index in [2.05, 4.69) is 0 Å². The van der Waals surface area contributed by atoms with Gasteiger partial charge >= 0.3 is 6.09 Å². The van der Waals surface area contributed by atoms with Crippen molar-refractivity contribution in [2.75, 3.05) is 13.6 Å². The molecular formula is C13H19NO5. The number of aromatic hydroxyl groups is 2. The molecule has 1 rings (SSSR count). The zero-order valence-corrected chi connectivity index (χ0v) is 11.2. The van der Waals surface area contributed by atoms with Gasteiger partial charge in [0.1, 0.15) is 0 Å². The Hall–Kier alpha value is -1.95. The second-order valence-corrected chi connectivity index (χ2v) is 4.58. The van der Waals surface area contributed by atoms with Gasteiger partial charge in [-0.05, 0) is 31.5 Å². The van der Waals surface area contributed by atoms with Gasteiger partial charge in [-0.15, -0.1) is 0 Å². The third-order valence-corrected chi connectivity index (χ3v) is 2.48. The number of aliphatic hydroxyl groups excluding tert-OH is 1. The van der Waals surface area contributed by atoms with Crippen molar-refractivity contribution in [3.63, 3.8) is 0 Å². The zero-order valence-electron chi connectivity index (χ0n) is 11.2. The van der Waals surface area contributed by atoms with Crippen LogP contribution in [0.1, 0.15) is 25.5 Å². The fourth-order valence-corrected chi connectivity index (χ4v) is 1.48. The molecule has 1 atom stereocenters. The molecule has 1 aromatic rings. The number of nitrogens with zero attached hydrogens (tertiary/aromatic N) is 1. The van der Waals surface area contributed by atoms with Crippen LogP contribution in [-0.2, 0) is 4.74 Å². The first-order chi connectivity index (χ1) is 8.81. The van der Waals surface area contributed by atoms with Crippen LogP contribution in [0.15, 0.2) is 18.2 Å². The minimum atomic E-state index is -0.976. The van der Waals surface area contributed by atoms with E-state index in [0.717, 1.165) is 0 Å². The lowest BCUT2D eigenvalue weighted by Crippen LogP contribution is -2.33. The van der Waals surface area contributed by atoms with Gasteiger partial charge in [0.15, 0.2) is 11.5 Å². The molecule has 0 aliphatic rings. The van der Waals surface area contributed by atoms with Crippen molar-refractivity contribution < 1.29 is 24.9 Å². The molecule has 0 aliphatic heterocycles. The first-order valence-electron chi connectivity index (χ1n) is 5.93. The molecule has 3 N–H and O–H groups in total. The fraction of sp³-hybridized carbons (Fsp3) is 0.462. The number of ether oxygens (including phenoxy) is 1. The normalized spacial score (nSPS) is 12.3. The molecule has 0 radical (unpaired) electrons. The van der Waals surface area contributed by atoms with Crippen LogP contribution in [0.4, 0.5) is 4.79 Å². The maximum Gasteiger partial charge on any atom is 0.409 e. The zero-order chi connectivity index (χ0) is 14.6. The first kappa shape index (κ1) is 15.1. The van der Waals surface area contributed by atoms with Crippen LogP contribution in [0.3, 0.4) is 0 Å². The molecule has 0 aliphatic carbocycles. The molecule has 0 saturated heterocycles. The highest BCUT2D eigenvalue weighted by atomic mass is 16.6. The standard InChI is InChI=1S/C13H19NO5/c1-8(2)19-13(18)14(3)7-12(17)9-4-5-10(15)11(16)6-9/h4-6,8,12,15-17H,7H2,1-3H3. The monoisotopic (exact) mass is 269 g/mol. The Morgan fingerprint density at radius 3 is 2.47 bits per heavy atom. The van der Waals surface area contributed by atoms with Crippen LogP contribution in [-0.4, -0.2) is 46.0 Å². The van der Waals surface area contributed by atoms with E-state index in [-0.39, 0.29) is 24.1 Å². The lowest BCUT2D eigenvalue weighted by Gasteiger charge is -2.22. The van der Waals surface area contributed by atoms with Crippen molar-refractivity contribution in [1.82, 2.24) is 4.90 Å². The Morgan fingerprint density at radius 2 is 1.95 bits per heavy atom. The van der Waals surface area contributed by atoms with E-state index >= 15 is 0 Å². The van der Waals surface area contributed by atoms with Gasteiger partial charge in [-0.2, -0.15) is 0 Å². The Morgan fingerprint density at radius 1 is 1.32 bits per heavy atom. The Labute approximate surface area is 111 Å². The lowest BCUT2D eigenvalue weighted by atomic mass is 10.1. The van der Waals surface area contributed by atoms with Gasteiger partial charge in [-0.1, -0.05) is 6.07 Å². The molecular weight excluding hydrogens is 250 g/mol. The molecule has 1 amide bonds. The Kier molecular flexibility index (Phi) is 5.00. The molecule has 106 valence electrons. The molecule has 0 bridgehead atoms. The molecule has 0 heterocycles. The summed E-state index contributed by atoms with van der Waals surface area (Å²) < 4.78 is 4.98. The number of rotatable bonds is 4. The van der Waals surface area contributed by atoms with Crippen molar-refractivity contribution in [1.29, 1.82) is 0 Å². The number of amides is 1. The number of carbonyl (C=O) groups is 1. The average Bonchev–Trinajstić information content (AvgIpc) is 2.31. The number of phenolic OH excluding ortho intramolecular Hbond substituents is 2. The van der Waals surface area contributed by atoms with Crippen molar-refractivity contribution in [3.8, 4) is 11.5 Å². The van der Waals surface area contributed by atoms with Gasteiger partial charge in [0.25, 0.3) is 0 Å². The summed E-state index contributed by atoms with van der Waals surface area (Å²) in [4.78, 5) is 12.8. The van der Waals surface area contributed by atoms with Gasteiger partial charge < -0.3 is 25.0 Å². The highest BCUT2D eigenvalue weighted by molar-refractivity contribution is 5.67. The average molecular weight is 269 g/mol. The van der Waals surface area contributed by atoms with E-state index in [4.69, 9.17) is 4.74 Å². The van der Waals surface area contributed by atoms with Crippen LogP contribution in [0.5, 0.6) is 11.5 Å². The smallest absolute Gasteiger partial charge is 0.409 e. The summed E-state index contributed by atoms with van der Waals surface area (Å²) in [5.74, 6) is -0.576. The third kappa shape index (κ3) is 4.33. The van der Waals surface area contributed by atoms with Crippen LogP contribution in [0.25, 0.3) is 0 Å². The summed E-state index contributed by atoms with van der Waals surface area (Å²) in [5, 5.41) is 28.5. The number of hydrogen-bond donors (Lipinski definition) is 3. The van der Waals surface area contributed by atoms with Gasteiger partial charge in [0.05, 0.1) is 18.8 Å². The fourth-order valence-electron chi connectivity index (χ4n) is 1.48. The molecule has 6 heteroatoms. The van der Waals surface area contributed by atoms with Crippen molar-refractivity contribution >= 4 is 6.09 Å². The first-order valence-corrected chi connectivity index (χ1v) is 5.93. The molecule has 0 spiro atoms. The predicted octanol–water partition coefficient (Wildman–Crippen LogP) is 1.61. The number of aliphatic hydroxyl groups is 1. The van der Waals surface area contributed by atoms with Crippen LogP contribution >= 0.6 is 0 Å². The quantitative estimate of drug-likeness (QED) is 0.722. The SMILES string of the molecule is CC(C)OC(=O)N(C)CC(O)c1ccc(O)c(O)c1. The van der Waals surface area contributed by atoms with E-state index in [1.54, 1.807) is 13.8 Å². The van der Waals surface area contributed by atoms with Crippen LogP contribution in [0.2, 0.25) is 0 Å². The maximum absolute atomic E-state index is 11.5. The molecule has 0 fully saturated rings. The van der Waals surface area contributed by atoms with Crippen LogP contribution < -0.4 is 0 Å². The van der Waals surface area contributed by atoms with E-state index in [0.29, 0.717) is 5.56 Å². The van der Waals surface area contributed by atoms with Crippen molar-refractivity contribution in [2.24, 2.45) is 0 Å². The Balaban J connectivity index is 2.65. The molecule has 1 unspecified atom stereocenters. The summed E-state index contributed by atoms with van der Waals surface area (Å²) in [7, 11) is 1.51. The maximum atomic E-state index is 11.5. The second-order valence-electron chi connectivity index (χ2n) is 4.58. The molecule has 1 aromatic carbocycles. The number of carbonyl (C=O) groups excluding carboxylic acids is 1. The van der Waals surface area contributed by atoms with E-state index in [9.17, 15) is 20.1 Å². The van der Waals surface area contributed by atoms with Crippen LogP contribution in [0, 0.1) is 0 Å². The summed E-state index contributed by atoms with van der Waals surface area (Å²) in [6.45, 7) is 3.50. The molecule has 0 aromatic heterocycles. The Bertz CT molecular complexity index is 447. The second kappa shape index (κ2) is 6.29. The number of phenols is 2. The summed E-state index contributed by atoms with van der Waals surface area (Å²) in [6, 6.07) is 4.00. The van der Waals surface area contributed by atoms with Gasteiger partial charge in [-0.3, -0.25) is 0 Å².